The Morgan fingerprint density at radius 1 is 1.46 bits per heavy atom. The van der Waals surface area contributed by atoms with Crippen LogP contribution < -0.4 is 5.73 Å². The van der Waals surface area contributed by atoms with E-state index in [1.165, 1.54) is 6.42 Å². The summed E-state index contributed by atoms with van der Waals surface area (Å²) >= 11 is 0. The molecule has 0 aliphatic rings. The van der Waals surface area contributed by atoms with Gasteiger partial charge >= 0.3 is 0 Å². The van der Waals surface area contributed by atoms with E-state index >= 15 is 0 Å². The van der Waals surface area contributed by atoms with Gasteiger partial charge in [-0.25, -0.2) is 4.68 Å². The van der Waals surface area contributed by atoms with Gasteiger partial charge in [0.15, 0.2) is 5.82 Å². The lowest BCUT2D eigenvalue weighted by atomic mass is 10.1. The molecule has 0 aromatic carbocycles. The Balaban J connectivity index is 2.36. The zero-order valence-electron chi connectivity index (χ0n) is 8.27. The van der Waals surface area contributed by atoms with Crippen molar-refractivity contribution in [3.05, 3.63) is 5.82 Å². The van der Waals surface area contributed by atoms with Crippen molar-refractivity contribution in [2.45, 2.75) is 39.8 Å². The molecule has 0 saturated heterocycles. The van der Waals surface area contributed by atoms with E-state index in [2.05, 4.69) is 29.4 Å². The van der Waals surface area contributed by atoms with Crippen molar-refractivity contribution in [3.8, 4) is 0 Å². The molecule has 2 N–H and O–H groups in total. The van der Waals surface area contributed by atoms with Crippen LogP contribution >= 0.6 is 0 Å². The molecule has 74 valence electrons. The van der Waals surface area contributed by atoms with Gasteiger partial charge in [0.2, 0.25) is 0 Å². The van der Waals surface area contributed by atoms with E-state index in [0.717, 1.165) is 24.7 Å². The number of hydrogen-bond acceptors (Lipinski definition) is 4. The molecule has 0 aliphatic heterocycles. The molecule has 0 spiro atoms. The maximum absolute atomic E-state index is 5.46. The Morgan fingerprint density at radius 2 is 2.23 bits per heavy atom. The van der Waals surface area contributed by atoms with Gasteiger partial charge in [-0.2, -0.15) is 0 Å². The van der Waals surface area contributed by atoms with Gasteiger partial charge < -0.3 is 5.73 Å². The normalized spacial score (nSPS) is 11.1. The molecule has 0 bridgehead atoms. The van der Waals surface area contributed by atoms with Crippen LogP contribution in [0.4, 0.5) is 0 Å². The topological polar surface area (TPSA) is 69.6 Å². The maximum Gasteiger partial charge on any atom is 0.164 e. The summed E-state index contributed by atoms with van der Waals surface area (Å²) in [5, 5.41) is 11.2. The molecule has 0 atom stereocenters. The van der Waals surface area contributed by atoms with Crippen LogP contribution in [0, 0.1) is 5.92 Å². The van der Waals surface area contributed by atoms with Crippen molar-refractivity contribution < 1.29 is 0 Å². The van der Waals surface area contributed by atoms with Crippen LogP contribution in [0.5, 0.6) is 0 Å². The fourth-order valence-corrected chi connectivity index (χ4v) is 1.19. The van der Waals surface area contributed by atoms with Crippen LogP contribution in [-0.4, -0.2) is 20.2 Å². The molecule has 0 saturated carbocycles. The minimum Gasteiger partial charge on any atom is -0.324 e. The maximum atomic E-state index is 5.46. The fourth-order valence-electron chi connectivity index (χ4n) is 1.19. The first-order valence-electron chi connectivity index (χ1n) is 4.69. The monoisotopic (exact) mass is 183 g/mol. The lowest BCUT2D eigenvalue weighted by molar-refractivity contribution is 0.473. The van der Waals surface area contributed by atoms with Gasteiger partial charge in [-0.15, -0.1) is 5.10 Å². The summed E-state index contributed by atoms with van der Waals surface area (Å²) in [6, 6.07) is 0. The van der Waals surface area contributed by atoms with Gasteiger partial charge in [0.05, 0.1) is 6.54 Å². The second-order valence-electron chi connectivity index (χ2n) is 3.56. The summed E-state index contributed by atoms with van der Waals surface area (Å²) in [6.45, 7) is 5.71. The molecule has 1 aromatic rings. The molecule has 5 heteroatoms. The highest BCUT2D eigenvalue weighted by atomic mass is 15.5. The van der Waals surface area contributed by atoms with E-state index in [9.17, 15) is 0 Å². The van der Waals surface area contributed by atoms with Gasteiger partial charge in [-0.1, -0.05) is 13.8 Å². The third-order valence-corrected chi connectivity index (χ3v) is 1.94. The molecule has 13 heavy (non-hydrogen) atoms. The lowest BCUT2D eigenvalue weighted by Crippen LogP contribution is -2.10. The zero-order chi connectivity index (χ0) is 9.68. The van der Waals surface area contributed by atoms with E-state index in [-0.39, 0.29) is 0 Å². The largest absolute Gasteiger partial charge is 0.324 e. The number of hydrogen-bond donors (Lipinski definition) is 1. The van der Waals surface area contributed by atoms with Crippen LogP contribution in [0.1, 0.15) is 32.5 Å². The van der Waals surface area contributed by atoms with Crippen LogP contribution in [0.2, 0.25) is 0 Å². The van der Waals surface area contributed by atoms with Gasteiger partial charge in [0.1, 0.15) is 0 Å². The highest BCUT2D eigenvalue weighted by Gasteiger charge is 2.03. The van der Waals surface area contributed by atoms with Gasteiger partial charge in [-0.3, -0.25) is 0 Å². The Labute approximate surface area is 78.3 Å². The van der Waals surface area contributed by atoms with Crippen molar-refractivity contribution in [2.24, 2.45) is 11.7 Å². The van der Waals surface area contributed by atoms with Crippen LogP contribution in [-0.2, 0) is 13.1 Å². The molecule has 0 aliphatic carbocycles. The number of nitrogens with zero attached hydrogens (tertiary/aromatic N) is 4. The van der Waals surface area contributed by atoms with E-state index in [0.29, 0.717) is 6.54 Å². The first-order chi connectivity index (χ1) is 6.24. The predicted octanol–water partition coefficient (Wildman–Crippen LogP) is 0.568. The minimum absolute atomic E-state index is 0.411. The zero-order valence-corrected chi connectivity index (χ0v) is 8.27. The molecule has 1 aromatic heterocycles. The van der Waals surface area contributed by atoms with Crippen molar-refractivity contribution in [3.63, 3.8) is 0 Å². The predicted molar refractivity (Wildman–Crippen MR) is 49.8 cm³/mol. The van der Waals surface area contributed by atoms with E-state index in [1.807, 2.05) is 0 Å². The molecule has 1 rings (SSSR count). The second-order valence-corrected chi connectivity index (χ2v) is 3.56. The van der Waals surface area contributed by atoms with Gasteiger partial charge in [0.25, 0.3) is 0 Å². The van der Waals surface area contributed by atoms with Crippen LogP contribution in [0.25, 0.3) is 0 Å². The molecular formula is C8H17N5. The molecular weight excluding hydrogens is 166 g/mol. The first kappa shape index (κ1) is 10.1. The fraction of sp³-hybridized carbons (Fsp3) is 0.875. The van der Waals surface area contributed by atoms with E-state index in [1.54, 1.807) is 4.68 Å². The van der Waals surface area contributed by atoms with Crippen molar-refractivity contribution >= 4 is 0 Å². The lowest BCUT2D eigenvalue weighted by Gasteiger charge is -2.04. The average molecular weight is 183 g/mol. The summed E-state index contributed by atoms with van der Waals surface area (Å²) in [7, 11) is 0. The number of nitrogens with two attached hydrogens (primary N) is 1. The minimum atomic E-state index is 0.411. The second kappa shape index (κ2) is 4.91. The third kappa shape index (κ3) is 3.10. The first-order valence-corrected chi connectivity index (χ1v) is 4.69. The molecule has 0 fully saturated rings. The quantitative estimate of drug-likeness (QED) is 0.724. The average Bonchev–Trinajstić information content (AvgIpc) is 2.51. The summed E-state index contributed by atoms with van der Waals surface area (Å²) in [4.78, 5) is 0. The highest BCUT2D eigenvalue weighted by molar-refractivity contribution is 4.77. The molecule has 1 heterocycles. The smallest absolute Gasteiger partial charge is 0.164 e. The standard InChI is InChI=1S/C8H17N5/c1-7(2)4-3-5-13-8(6-9)10-11-12-13/h7H,3-6,9H2,1-2H3. The van der Waals surface area contributed by atoms with Crippen molar-refractivity contribution in [1.29, 1.82) is 0 Å². The molecule has 0 amide bonds. The highest BCUT2D eigenvalue weighted by Crippen LogP contribution is 2.05. The van der Waals surface area contributed by atoms with E-state index < -0.39 is 0 Å². The number of rotatable bonds is 5. The molecule has 5 nitrogen and oxygen atoms in total. The van der Waals surface area contributed by atoms with Crippen molar-refractivity contribution in [2.75, 3.05) is 0 Å². The Morgan fingerprint density at radius 3 is 2.85 bits per heavy atom. The number of aromatic nitrogens is 4. The molecule has 0 unspecified atom stereocenters. The Kier molecular flexibility index (Phi) is 3.82. The molecule has 0 radical (unpaired) electrons. The van der Waals surface area contributed by atoms with Crippen molar-refractivity contribution in [1.82, 2.24) is 20.2 Å². The summed E-state index contributed by atoms with van der Waals surface area (Å²) < 4.78 is 1.78. The van der Waals surface area contributed by atoms with Gasteiger partial charge in [0, 0.05) is 6.54 Å². The van der Waals surface area contributed by atoms with E-state index in [4.69, 9.17) is 5.73 Å². The summed E-state index contributed by atoms with van der Waals surface area (Å²) in [5.74, 6) is 1.50. The SMILES string of the molecule is CC(C)CCCn1nnnc1CN. The third-order valence-electron chi connectivity index (χ3n) is 1.94. The van der Waals surface area contributed by atoms with Crippen LogP contribution in [0.15, 0.2) is 0 Å². The summed E-state index contributed by atoms with van der Waals surface area (Å²) in [5.41, 5.74) is 5.46. The Bertz CT molecular complexity index is 242. The number of tetrazole rings is 1. The van der Waals surface area contributed by atoms with Gasteiger partial charge in [-0.05, 0) is 29.2 Å². The Hall–Kier alpha value is -0.970. The van der Waals surface area contributed by atoms with Crippen LogP contribution in [0.3, 0.4) is 0 Å². The number of aryl methyl sites for hydroxylation is 1. The summed E-state index contributed by atoms with van der Waals surface area (Å²) in [6.07, 6.45) is 2.31.